The summed E-state index contributed by atoms with van der Waals surface area (Å²) in [6, 6.07) is 14.5. The molecule has 0 N–H and O–H groups in total. The first-order chi connectivity index (χ1) is 18.8. The van der Waals surface area contributed by atoms with Gasteiger partial charge < -0.3 is 14.5 Å². The molecule has 1 fully saturated rings. The zero-order chi connectivity index (χ0) is 27.7. The Morgan fingerprint density at radius 2 is 1.79 bits per heavy atom. The Hall–Kier alpha value is -4.49. The van der Waals surface area contributed by atoms with Crippen LogP contribution in [0.3, 0.4) is 0 Å². The molecule has 5 rings (SSSR count). The zero-order valence-electron chi connectivity index (χ0n) is 22.4. The van der Waals surface area contributed by atoms with Crippen LogP contribution in [0.1, 0.15) is 18.4 Å². The maximum Gasteiger partial charge on any atom is 0.413 e. The van der Waals surface area contributed by atoms with Gasteiger partial charge in [-0.2, -0.15) is 5.26 Å². The van der Waals surface area contributed by atoms with Gasteiger partial charge >= 0.3 is 6.09 Å². The molecule has 0 spiro atoms. The fourth-order valence-electron chi connectivity index (χ4n) is 5.12. The van der Waals surface area contributed by atoms with Crippen LogP contribution in [0.2, 0.25) is 0 Å². The van der Waals surface area contributed by atoms with Crippen LogP contribution < -0.4 is 9.80 Å². The summed E-state index contributed by atoms with van der Waals surface area (Å²) in [5.74, 6) is 0.191. The minimum atomic E-state index is -0.667. The minimum Gasteiger partial charge on any atom is -0.452 e. The molecule has 0 radical (unpaired) electrons. The summed E-state index contributed by atoms with van der Waals surface area (Å²) in [6.45, 7) is 1.69. The van der Waals surface area contributed by atoms with Crippen molar-refractivity contribution < 1.29 is 13.9 Å². The van der Waals surface area contributed by atoms with Gasteiger partial charge in [0.25, 0.3) is 0 Å². The summed E-state index contributed by atoms with van der Waals surface area (Å²) in [6.07, 6.45) is 4.95. The topological polar surface area (TPSA) is 90.0 Å². The van der Waals surface area contributed by atoms with Crippen LogP contribution in [0.25, 0.3) is 28.0 Å². The van der Waals surface area contributed by atoms with Gasteiger partial charge in [0.1, 0.15) is 11.5 Å². The normalized spacial score (nSPS) is 14.0. The van der Waals surface area contributed by atoms with Crippen LogP contribution in [-0.2, 0) is 4.74 Å². The number of piperidine rings is 1. The maximum atomic E-state index is 15.4. The molecule has 4 aromatic rings. The van der Waals surface area contributed by atoms with E-state index in [1.54, 1.807) is 30.5 Å². The second kappa shape index (κ2) is 10.7. The SMILES string of the molecule is COC(=O)N(C)c1ccc(-c2c(-c3ccc(C#N)cc3)nc(N3CCC(N(C)C)CC3)n3ccnc23)cc1F. The van der Waals surface area contributed by atoms with E-state index in [0.717, 1.165) is 42.3 Å². The van der Waals surface area contributed by atoms with Crippen molar-refractivity contribution in [3.05, 3.63) is 66.2 Å². The highest BCUT2D eigenvalue weighted by atomic mass is 19.1. The average molecular weight is 528 g/mol. The van der Waals surface area contributed by atoms with Gasteiger partial charge in [-0.1, -0.05) is 18.2 Å². The second-order valence-electron chi connectivity index (χ2n) is 9.82. The van der Waals surface area contributed by atoms with Crippen LogP contribution >= 0.6 is 0 Å². The highest BCUT2D eigenvalue weighted by Gasteiger charge is 2.26. The summed E-state index contributed by atoms with van der Waals surface area (Å²) >= 11 is 0. The van der Waals surface area contributed by atoms with Gasteiger partial charge in [0.15, 0.2) is 0 Å². The average Bonchev–Trinajstić information content (AvgIpc) is 3.45. The number of carbonyl (C=O) groups is 1. The number of amides is 1. The van der Waals surface area contributed by atoms with Crippen molar-refractivity contribution in [3.8, 4) is 28.5 Å². The molecule has 1 aliphatic rings. The number of nitrogens with zero attached hydrogens (tertiary/aromatic N) is 7. The largest absolute Gasteiger partial charge is 0.452 e. The smallest absolute Gasteiger partial charge is 0.413 e. The number of imidazole rings is 1. The van der Waals surface area contributed by atoms with Crippen molar-refractivity contribution in [1.29, 1.82) is 5.26 Å². The van der Waals surface area contributed by atoms with Crippen LogP contribution in [0.15, 0.2) is 54.9 Å². The quantitative estimate of drug-likeness (QED) is 0.368. The number of rotatable bonds is 5. The Morgan fingerprint density at radius 1 is 1.10 bits per heavy atom. The predicted molar refractivity (Wildman–Crippen MR) is 148 cm³/mol. The Kier molecular flexibility index (Phi) is 7.17. The third-order valence-corrected chi connectivity index (χ3v) is 7.34. The lowest BCUT2D eigenvalue weighted by Gasteiger charge is -2.36. The van der Waals surface area contributed by atoms with E-state index >= 15 is 4.39 Å². The zero-order valence-corrected chi connectivity index (χ0v) is 22.4. The molecule has 1 saturated heterocycles. The van der Waals surface area contributed by atoms with Crippen LogP contribution in [0.5, 0.6) is 0 Å². The summed E-state index contributed by atoms with van der Waals surface area (Å²) in [7, 11) is 6.92. The number of nitriles is 1. The maximum absolute atomic E-state index is 15.4. The Labute approximate surface area is 226 Å². The number of carbonyl (C=O) groups excluding carboxylic acids is 1. The Morgan fingerprint density at radius 3 is 2.41 bits per heavy atom. The van der Waals surface area contributed by atoms with Crippen molar-refractivity contribution in [2.75, 3.05) is 51.1 Å². The van der Waals surface area contributed by atoms with Crippen molar-refractivity contribution >= 4 is 23.4 Å². The van der Waals surface area contributed by atoms with Crippen molar-refractivity contribution in [1.82, 2.24) is 19.3 Å². The molecule has 3 heterocycles. The van der Waals surface area contributed by atoms with Gasteiger partial charge in [-0.3, -0.25) is 9.30 Å². The molecule has 0 saturated carbocycles. The van der Waals surface area contributed by atoms with E-state index in [4.69, 9.17) is 9.72 Å². The van der Waals surface area contributed by atoms with E-state index in [2.05, 4.69) is 34.9 Å². The van der Waals surface area contributed by atoms with Crippen molar-refractivity contribution in [2.45, 2.75) is 18.9 Å². The number of ether oxygens (including phenoxy) is 1. The van der Waals surface area contributed by atoms with Crippen LogP contribution in [0.4, 0.5) is 20.8 Å². The van der Waals surface area contributed by atoms with E-state index in [9.17, 15) is 10.1 Å². The molecule has 0 unspecified atom stereocenters. The summed E-state index contributed by atoms with van der Waals surface area (Å²) in [4.78, 5) is 27.4. The molecule has 200 valence electrons. The van der Waals surface area contributed by atoms with E-state index in [-0.39, 0.29) is 5.69 Å². The molecule has 0 atom stereocenters. The first-order valence-electron chi connectivity index (χ1n) is 12.7. The number of anilines is 2. The fraction of sp³-hybridized carbons (Fsp3) is 0.310. The number of methoxy groups -OCH3 is 1. The molecular weight excluding hydrogens is 497 g/mol. The first-order valence-corrected chi connectivity index (χ1v) is 12.7. The van der Waals surface area contributed by atoms with E-state index in [1.165, 1.54) is 20.2 Å². The van der Waals surface area contributed by atoms with E-state index in [1.807, 2.05) is 22.7 Å². The first kappa shape index (κ1) is 26.1. The number of fused-ring (bicyclic) bond motifs is 1. The molecule has 0 bridgehead atoms. The highest BCUT2D eigenvalue weighted by Crippen LogP contribution is 2.38. The molecule has 1 amide bonds. The summed E-state index contributed by atoms with van der Waals surface area (Å²) < 4.78 is 22.1. The van der Waals surface area contributed by atoms with Crippen LogP contribution in [0, 0.1) is 17.1 Å². The van der Waals surface area contributed by atoms with Crippen LogP contribution in [-0.4, -0.2) is 72.7 Å². The van der Waals surface area contributed by atoms with Gasteiger partial charge in [-0.25, -0.2) is 19.2 Å². The molecule has 1 aliphatic heterocycles. The standard InChI is InChI=1S/C29H30FN7O2/c1-34(2)22-11-14-36(15-12-22)28-33-26(20-7-5-19(18-31)6-8-20)25(27-32-13-16-37(27)28)21-9-10-24(23(30)17-21)35(3)29(38)39-4/h5-10,13,16-17,22H,11-12,14-15H2,1-4H3. The minimum absolute atomic E-state index is 0.0956. The fourth-order valence-corrected chi connectivity index (χ4v) is 5.12. The van der Waals surface area contributed by atoms with Gasteiger partial charge in [-0.15, -0.1) is 0 Å². The monoisotopic (exact) mass is 527 g/mol. The second-order valence-corrected chi connectivity index (χ2v) is 9.82. The van der Waals surface area contributed by atoms with Gasteiger partial charge in [0, 0.05) is 44.1 Å². The number of benzene rings is 2. The highest BCUT2D eigenvalue weighted by molar-refractivity contribution is 5.93. The molecule has 9 nitrogen and oxygen atoms in total. The summed E-state index contributed by atoms with van der Waals surface area (Å²) in [5.41, 5.74) is 3.92. The lowest BCUT2D eigenvalue weighted by atomic mass is 9.98. The molecule has 10 heteroatoms. The molecule has 2 aromatic heterocycles. The van der Waals surface area contributed by atoms with E-state index in [0.29, 0.717) is 34.1 Å². The molecular formula is C29H30FN7O2. The number of halogens is 1. The predicted octanol–water partition coefficient (Wildman–Crippen LogP) is 4.81. The molecule has 2 aromatic carbocycles. The third-order valence-electron chi connectivity index (χ3n) is 7.34. The van der Waals surface area contributed by atoms with Gasteiger partial charge in [-0.05, 0) is 56.8 Å². The molecule has 0 aliphatic carbocycles. The lowest BCUT2D eigenvalue weighted by Crippen LogP contribution is -2.43. The number of hydrogen-bond donors (Lipinski definition) is 0. The lowest BCUT2D eigenvalue weighted by molar-refractivity contribution is 0.180. The Balaban J connectivity index is 1.67. The molecule has 39 heavy (non-hydrogen) atoms. The van der Waals surface area contributed by atoms with Gasteiger partial charge in [0.05, 0.1) is 35.7 Å². The van der Waals surface area contributed by atoms with Crippen molar-refractivity contribution in [3.63, 3.8) is 0 Å². The van der Waals surface area contributed by atoms with E-state index < -0.39 is 11.9 Å². The third kappa shape index (κ3) is 4.89. The number of hydrogen-bond acceptors (Lipinski definition) is 7. The van der Waals surface area contributed by atoms with Gasteiger partial charge in [0.2, 0.25) is 5.95 Å². The van der Waals surface area contributed by atoms with Crippen molar-refractivity contribution in [2.24, 2.45) is 0 Å². The Bertz CT molecular complexity index is 1550. The summed E-state index contributed by atoms with van der Waals surface area (Å²) in [5, 5.41) is 9.31. The number of aromatic nitrogens is 3.